The number of aliphatic hydroxyl groups is 30. The molecule has 0 radical (unpaired) electrons. The molecule has 12 aliphatic rings. The van der Waals surface area contributed by atoms with E-state index in [9.17, 15) is 187 Å². The lowest BCUT2D eigenvalue weighted by Crippen LogP contribution is -2.70. The molecule has 12 saturated heterocycles. The second-order valence-electron chi connectivity index (χ2n) is 36.3. The third-order valence-electron chi connectivity index (χ3n) is 26.5. The number of aliphatic hydroxyl groups excluding tert-OH is 30. The number of aliphatic carboxylic acids is 2. The molecule has 0 unspecified atom stereocenters. The van der Waals surface area contributed by atoms with Crippen molar-refractivity contribution in [1.29, 1.82) is 0 Å². The van der Waals surface area contributed by atoms with Gasteiger partial charge in [-0.25, -0.2) is 14.2 Å². The summed E-state index contributed by atoms with van der Waals surface area (Å²) in [6, 6.07) is -3.59. The molecule has 60 atom stereocenters. The number of carbonyl (C=O) groups is 2. The number of carboxylic acid groups (broad SMARTS) is 2. The molecule has 64 heteroatoms. The number of rotatable bonds is 35. The Morgan fingerprint density at radius 2 is 0.736 bits per heavy atom. The molecular weight excluding hydrogens is 1950 g/mol. The van der Waals surface area contributed by atoms with Gasteiger partial charge >= 0.3 is 19.8 Å². The average molecular weight is 2080 g/mol. The van der Waals surface area contributed by atoms with Gasteiger partial charge in [0.15, 0.2) is 62.9 Å². The van der Waals surface area contributed by atoms with Gasteiger partial charge in [-0.15, -0.1) is 0 Å². The van der Waals surface area contributed by atoms with Crippen molar-refractivity contribution in [2.45, 2.75) is 415 Å². The van der Waals surface area contributed by atoms with Crippen LogP contribution in [0.4, 0.5) is 0 Å². The molecule has 0 aromatic heterocycles. The van der Waals surface area contributed by atoms with Gasteiger partial charge in [0.2, 0.25) is 0 Å². The van der Waals surface area contributed by atoms with Crippen molar-refractivity contribution in [3.05, 3.63) is 0 Å². The number of hydrogen-bond acceptors (Lipinski definition) is 59. The first-order chi connectivity index (χ1) is 65.6. The van der Waals surface area contributed by atoms with Crippen LogP contribution < -0.4 is 11.5 Å². The van der Waals surface area contributed by atoms with Crippen LogP contribution in [0.15, 0.2) is 0 Å². The van der Waals surface area contributed by atoms with Crippen molar-refractivity contribution in [1.82, 2.24) is 0 Å². The third kappa shape index (κ3) is 24.4. The highest BCUT2D eigenvalue weighted by molar-refractivity contribution is 7.46. The lowest BCUT2D eigenvalue weighted by molar-refractivity contribution is -0.412. The van der Waals surface area contributed by atoms with Crippen LogP contribution in [-0.2, 0) is 128 Å². The summed E-state index contributed by atoms with van der Waals surface area (Å²) in [7, 11) is -5.90. The minimum Gasteiger partial charge on any atom is -0.477 e. The third-order valence-corrected chi connectivity index (χ3v) is 27.0. The van der Waals surface area contributed by atoms with Gasteiger partial charge in [0.1, 0.15) is 238 Å². The van der Waals surface area contributed by atoms with E-state index < -0.39 is 446 Å². The van der Waals surface area contributed by atoms with Crippen LogP contribution in [0.3, 0.4) is 0 Å². The number of hydrogen-bond donors (Lipinski definition) is 36. The van der Waals surface area contributed by atoms with Gasteiger partial charge in [0.05, 0.1) is 101 Å². The fourth-order valence-corrected chi connectivity index (χ4v) is 18.7. The van der Waals surface area contributed by atoms with Crippen molar-refractivity contribution in [2.75, 3.05) is 46.2 Å². The van der Waals surface area contributed by atoms with Gasteiger partial charge in [-0.2, -0.15) is 0 Å². The quantitative estimate of drug-likeness (QED) is 0.0262. The summed E-state index contributed by atoms with van der Waals surface area (Å²) in [5, 5.41) is 359. The zero-order chi connectivity index (χ0) is 103. The van der Waals surface area contributed by atoms with E-state index in [0.717, 1.165) is 6.92 Å². The fourth-order valence-electron chi connectivity index (χ4n) is 18.1. The van der Waals surface area contributed by atoms with Gasteiger partial charge in [-0.1, -0.05) is 0 Å². The van der Waals surface area contributed by atoms with Crippen LogP contribution in [0.1, 0.15) is 47.5 Å². The van der Waals surface area contributed by atoms with E-state index in [1.54, 1.807) is 0 Å². The molecule has 0 spiro atoms. The van der Waals surface area contributed by atoms with Crippen molar-refractivity contribution in [2.24, 2.45) is 11.5 Å². The van der Waals surface area contributed by atoms with Gasteiger partial charge in [-0.3, -0.25) is 4.52 Å². The molecule has 12 heterocycles. The largest absolute Gasteiger partial charge is 0.477 e. The summed E-state index contributed by atoms with van der Waals surface area (Å²) in [5.74, 6) is -12.4. The first-order valence-corrected chi connectivity index (χ1v) is 46.0. The molecule has 12 aliphatic heterocycles. The van der Waals surface area contributed by atoms with Crippen molar-refractivity contribution in [3.63, 3.8) is 0 Å². The van der Waals surface area contributed by atoms with Gasteiger partial charge in [0, 0.05) is 12.8 Å². The predicted octanol–water partition coefficient (Wildman–Crippen LogP) is -22.3. The van der Waals surface area contributed by atoms with Crippen LogP contribution in [0.25, 0.3) is 0 Å². The molecule has 63 nitrogen and oxygen atoms in total. The fraction of sp³-hybridized carbons (Fsp3) is 0.974. The highest BCUT2D eigenvalue weighted by atomic mass is 31.2. The molecule has 12 fully saturated rings. The van der Waals surface area contributed by atoms with Crippen LogP contribution in [0.5, 0.6) is 0 Å². The van der Waals surface area contributed by atoms with Crippen molar-refractivity contribution >= 4 is 19.8 Å². The molecule has 0 aliphatic carbocycles. The maximum Gasteiger partial charge on any atom is 0.470 e. The Hall–Kier alpha value is -3.15. The molecule has 12 rings (SSSR count). The monoisotopic (exact) mass is 2080 g/mol. The molecule has 0 aromatic rings. The molecular formula is C76H129N2O61P. The van der Waals surface area contributed by atoms with E-state index in [-0.39, 0.29) is 0 Å². The Morgan fingerprint density at radius 3 is 1.24 bits per heavy atom. The maximum absolute atomic E-state index is 14.3. The van der Waals surface area contributed by atoms with Crippen LogP contribution in [-0.4, -0.2) is 599 Å². The van der Waals surface area contributed by atoms with E-state index in [1.807, 2.05) is 0 Å². The van der Waals surface area contributed by atoms with Crippen molar-refractivity contribution < 1.29 is 301 Å². The summed E-state index contributed by atoms with van der Waals surface area (Å²) in [4.78, 5) is 48.9. The number of phosphoric ester groups is 1. The van der Waals surface area contributed by atoms with E-state index in [2.05, 4.69) is 0 Å². The van der Waals surface area contributed by atoms with E-state index in [4.69, 9.17) is 125 Å². The van der Waals surface area contributed by atoms with Crippen LogP contribution >= 0.6 is 7.82 Å². The first kappa shape index (κ1) is 116. The second-order valence-corrected chi connectivity index (χ2v) is 37.4. The summed E-state index contributed by atoms with van der Waals surface area (Å²) in [6.07, 6.45) is -123. The maximum atomic E-state index is 14.3. The Labute approximate surface area is 790 Å². The highest BCUT2D eigenvalue weighted by Gasteiger charge is 2.66. The summed E-state index contributed by atoms with van der Waals surface area (Å²) >= 11 is 0. The SMILES string of the molecule is C[C@@H]1O[C@@H](O[C@H]2[C@H](O[C@H]3[C@H](O[C@H]4[C@H](O[C@@H]5[C@@H](O)[C@H](C)O[C@@H](O[C@H]6[C@H](O)[C@@H](O[C@H]7[C@@H]([C@H](O)CO)O[C@@](OC[C@H]8O[C@@H](OC[C@H]9O[C@H](O)[C@H](N)[C@@H](O)[C@@H]9O)[C@H](N)[C@@H](O)[C@@H]8OP(=O)(O)O)(C(=O)O)C[C@H]7O[C@]7(C(=O)O)C[C@@H](O)[C@@H](O)[C@@H]([C@H](O)CO[C@@H]8O[C@H](CO)[C@H](O[C@@H]9O[C@H](CO)[C@H](O)[C@H](O)[C@H]9O)[C@H](O)[C@H]8O)O7)O[C@H](CO)[C@H]6O)[C@@H]5O)O[C@@H](C)[C@H](O)[C@H]4O)O[C@@H](C)[C@H](O)[C@H]3O)O[C@@H](C)[C@H](O)[C@H]2O)[C@H](O)[C@H](O)[C@H]1O. The lowest BCUT2D eigenvalue weighted by Gasteiger charge is -2.52. The Bertz CT molecular complexity index is 3950. The summed E-state index contributed by atoms with van der Waals surface area (Å²) in [5.41, 5.74) is 11.9. The molecule has 140 heavy (non-hydrogen) atoms. The molecule has 0 aromatic carbocycles. The van der Waals surface area contributed by atoms with Gasteiger partial charge in [0.25, 0.3) is 11.6 Å². The number of nitrogens with two attached hydrogens (primary N) is 2. The standard InChI is InChI=1S/C76H129N2O61P/c1-15-31(86)42(97)48(103)66(119-15)133-60-44(99)32(87)17(3)122-71(60)135-62-46(101)34(89)18(4)123-72(62)134-61-45(100)33(88)16(2)121-70(61)132-58-35(90)19(5)120-68(51(58)106)131-59-39(94)25(10-81)126-69(52(59)107)130-57-23(7-75(73(109)110,138-54(57)21(84)8-79)118-14-28-56(139-140(113,114)115)41(96)30(78)64(128-28)117-13-27-38(93)40(95)29(77)63(108)124-27)136-76(74(111)112)6-20(83)36(91)53(137-76)22(85)12-116-65-50(105)47(102)55(26(11-82)127-65)129-67-49(104)43(98)37(92)24(9-80)125-67/h15-72,79-108H,6-14,77-78H2,1-5H3,(H,109,110)(H,111,112)(H2,113,114,115)/t15-,16-,17-,18-,19-,20+,21+,22+,23+,24+,25+,26+,27+,28+,29+,30+,31-,32-,33-,34-,35-,36+,37-,38+,39+,40+,41+,42+,43-,44+,45+,46+,47+,48+,49+,50+,51+,52-,53+,54+,55-,56+,57+,58+,59+,60+,61+,62+,63-,64+,65+,66-,67-,68-,69+,70-,71-,72-,75+,76+/m0/s1. The van der Waals surface area contributed by atoms with E-state index in [0.29, 0.717) is 0 Å². The van der Waals surface area contributed by atoms with Crippen molar-refractivity contribution in [3.8, 4) is 0 Å². The minimum absolute atomic E-state index is 0.956. The number of carboxylic acids is 2. The zero-order valence-electron chi connectivity index (χ0n) is 74.7. The van der Waals surface area contributed by atoms with E-state index >= 15 is 0 Å². The Balaban J connectivity index is 0.835. The van der Waals surface area contributed by atoms with Crippen LogP contribution in [0, 0.1) is 0 Å². The minimum atomic E-state index is -5.90. The number of phosphoric acid groups is 1. The second kappa shape index (κ2) is 47.6. The van der Waals surface area contributed by atoms with Crippen LogP contribution in [0.2, 0.25) is 0 Å². The Morgan fingerprint density at radius 1 is 0.343 bits per heavy atom. The Kier molecular flexibility index (Phi) is 39.3. The molecule has 814 valence electrons. The first-order valence-electron chi connectivity index (χ1n) is 44.5. The molecule has 0 amide bonds. The summed E-state index contributed by atoms with van der Waals surface area (Å²) in [6.45, 7) is -2.96. The topological polar surface area (TPSA) is 1010 Å². The normalized spacial score (nSPS) is 52.2. The highest BCUT2D eigenvalue weighted by Crippen LogP contribution is 2.48. The van der Waals surface area contributed by atoms with Gasteiger partial charge < -0.3 is 294 Å². The smallest absolute Gasteiger partial charge is 0.470 e. The lowest BCUT2D eigenvalue weighted by atomic mass is 9.89. The average Bonchev–Trinajstić information content (AvgIpc) is 0.734. The van der Waals surface area contributed by atoms with Gasteiger partial charge in [-0.05, 0) is 34.6 Å². The molecule has 38 N–H and O–H groups in total. The zero-order valence-corrected chi connectivity index (χ0v) is 75.6. The van der Waals surface area contributed by atoms with E-state index in [1.165, 1.54) is 27.7 Å². The molecule has 0 saturated carbocycles. The molecule has 0 bridgehead atoms. The number of ether oxygens (including phenoxy) is 23. The summed E-state index contributed by atoms with van der Waals surface area (Å²) < 4.78 is 152. The predicted molar refractivity (Wildman–Crippen MR) is 425 cm³/mol.